The average molecular weight is 372 g/mol. The maximum Gasteiger partial charge on any atom is 0.319 e. The van der Waals surface area contributed by atoms with E-state index >= 15 is 0 Å². The van der Waals surface area contributed by atoms with Crippen LogP contribution >= 0.6 is 15.9 Å². The van der Waals surface area contributed by atoms with E-state index < -0.39 is 5.97 Å². The van der Waals surface area contributed by atoms with E-state index in [1.165, 1.54) is 0 Å². The Bertz CT molecular complexity index is 519. The second-order valence-electron chi connectivity index (χ2n) is 4.49. The number of halogens is 1. The molecule has 0 aromatic heterocycles. The summed E-state index contributed by atoms with van der Waals surface area (Å²) in [6.07, 6.45) is 0.549. The van der Waals surface area contributed by atoms with Gasteiger partial charge < -0.3 is 21.1 Å². The lowest BCUT2D eigenvalue weighted by atomic mass is 10.3. The van der Waals surface area contributed by atoms with Crippen LogP contribution in [0.15, 0.2) is 28.7 Å². The Morgan fingerprint density at radius 2 is 1.68 bits per heavy atom. The Labute approximate surface area is 136 Å². The van der Waals surface area contributed by atoms with Gasteiger partial charge in [-0.25, -0.2) is 4.79 Å². The van der Waals surface area contributed by atoms with Crippen LogP contribution < -0.4 is 16.0 Å². The van der Waals surface area contributed by atoms with E-state index in [2.05, 4.69) is 31.9 Å². The molecule has 0 radical (unpaired) electrons. The smallest absolute Gasteiger partial charge is 0.319 e. The first-order chi connectivity index (χ1) is 10.5. The Kier molecular flexibility index (Phi) is 7.98. The molecule has 1 aromatic rings. The van der Waals surface area contributed by atoms with Gasteiger partial charge >= 0.3 is 12.0 Å². The number of carbonyl (C=O) groups excluding carboxylic acids is 2. The van der Waals surface area contributed by atoms with E-state index in [-0.39, 0.29) is 31.3 Å². The molecule has 0 fully saturated rings. The highest BCUT2D eigenvalue weighted by atomic mass is 79.9. The highest BCUT2D eigenvalue weighted by Gasteiger charge is 2.04. The third kappa shape index (κ3) is 8.25. The second kappa shape index (κ2) is 9.78. The molecule has 0 aliphatic heterocycles. The van der Waals surface area contributed by atoms with Crippen molar-refractivity contribution in [3.63, 3.8) is 0 Å². The lowest BCUT2D eigenvalue weighted by Crippen LogP contribution is -2.33. The maximum atomic E-state index is 11.6. The minimum atomic E-state index is -0.888. The first-order valence-corrected chi connectivity index (χ1v) is 7.55. The molecule has 1 rings (SSSR count). The number of anilines is 1. The summed E-state index contributed by atoms with van der Waals surface area (Å²) >= 11 is 3.30. The van der Waals surface area contributed by atoms with E-state index in [1.54, 1.807) is 24.3 Å². The minimum absolute atomic E-state index is 0.0220. The second-order valence-corrected chi connectivity index (χ2v) is 5.40. The monoisotopic (exact) mass is 371 g/mol. The molecule has 0 spiro atoms. The van der Waals surface area contributed by atoms with Gasteiger partial charge in [-0.3, -0.25) is 9.59 Å². The van der Waals surface area contributed by atoms with E-state index in [1.807, 2.05) is 0 Å². The van der Waals surface area contributed by atoms with Crippen molar-refractivity contribution < 1.29 is 19.5 Å². The Morgan fingerprint density at radius 3 is 2.32 bits per heavy atom. The predicted octanol–water partition coefficient (Wildman–Crippen LogP) is 1.94. The van der Waals surface area contributed by atoms with Gasteiger partial charge in [-0.1, -0.05) is 15.9 Å². The van der Waals surface area contributed by atoms with Crippen LogP contribution in [0.1, 0.15) is 19.3 Å². The highest BCUT2D eigenvalue weighted by molar-refractivity contribution is 9.10. The van der Waals surface area contributed by atoms with Gasteiger partial charge in [0.05, 0.1) is 0 Å². The van der Waals surface area contributed by atoms with Crippen molar-refractivity contribution in [3.05, 3.63) is 28.7 Å². The normalized spacial score (nSPS) is 9.86. The summed E-state index contributed by atoms with van der Waals surface area (Å²) in [5, 5.41) is 16.2. The topological polar surface area (TPSA) is 108 Å². The van der Waals surface area contributed by atoms with Crippen molar-refractivity contribution in [2.75, 3.05) is 18.4 Å². The first-order valence-electron chi connectivity index (χ1n) is 6.76. The molecular formula is C14H18BrN3O4. The van der Waals surface area contributed by atoms with Crippen molar-refractivity contribution in [1.29, 1.82) is 0 Å². The summed E-state index contributed by atoms with van der Waals surface area (Å²) in [5.74, 6) is -1.12. The van der Waals surface area contributed by atoms with Crippen LogP contribution in [0.5, 0.6) is 0 Å². The number of urea groups is 1. The lowest BCUT2D eigenvalue weighted by Gasteiger charge is -2.08. The fourth-order valence-corrected chi connectivity index (χ4v) is 1.82. The quantitative estimate of drug-likeness (QED) is 0.523. The van der Waals surface area contributed by atoms with Gasteiger partial charge in [0, 0.05) is 36.1 Å². The molecule has 0 saturated carbocycles. The van der Waals surface area contributed by atoms with Gasteiger partial charge in [0.2, 0.25) is 5.91 Å². The van der Waals surface area contributed by atoms with Crippen molar-refractivity contribution >= 4 is 39.5 Å². The van der Waals surface area contributed by atoms with Crippen LogP contribution in [0.2, 0.25) is 0 Å². The standard InChI is InChI=1S/C14H18BrN3O4/c15-10-3-5-11(6-4-10)18-14(22)17-9-7-12(19)16-8-1-2-13(20)21/h3-6H,1-2,7-9H2,(H,16,19)(H,20,21)(H2,17,18,22). The van der Waals surface area contributed by atoms with Gasteiger partial charge in [-0.05, 0) is 30.7 Å². The predicted molar refractivity (Wildman–Crippen MR) is 85.7 cm³/mol. The Morgan fingerprint density at radius 1 is 1.00 bits per heavy atom. The molecule has 8 heteroatoms. The molecule has 0 aliphatic rings. The number of carboxylic acids is 1. The molecule has 0 saturated heterocycles. The highest BCUT2D eigenvalue weighted by Crippen LogP contribution is 2.13. The van der Waals surface area contributed by atoms with Gasteiger partial charge in [0.1, 0.15) is 0 Å². The fraction of sp³-hybridized carbons (Fsp3) is 0.357. The third-order valence-corrected chi connectivity index (χ3v) is 3.16. The van der Waals surface area contributed by atoms with Crippen LogP contribution in [0.25, 0.3) is 0 Å². The number of benzene rings is 1. The van der Waals surface area contributed by atoms with E-state index in [0.717, 1.165) is 4.47 Å². The molecule has 1 aromatic carbocycles. The molecule has 22 heavy (non-hydrogen) atoms. The summed E-state index contributed by atoms with van der Waals surface area (Å²) in [7, 11) is 0. The van der Waals surface area contributed by atoms with Crippen molar-refractivity contribution in [3.8, 4) is 0 Å². The molecule has 0 bridgehead atoms. The number of nitrogens with one attached hydrogen (secondary N) is 3. The molecule has 0 atom stereocenters. The van der Waals surface area contributed by atoms with Gasteiger partial charge in [-0.2, -0.15) is 0 Å². The molecule has 0 aliphatic carbocycles. The number of hydrogen-bond donors (Lipinski definition) is 4. The summed E-state index contributed by atoms with van der Waals surface area (Å²) in [6.45, 7) is 0.517. The molecule has 0 heterocycles. The number of amides is 3. The maximum absolute atomic E-state index is 11.6. The van der Waals surface area contributed by atoms with E-state index in [0.29, 0.717) is 18.7 Å². The molecule has 4 N–H and O–H groups in total. The number of carboxylic acid groups (broad SMARTS) is 1. The number of carbonyl (C=O) groups is 3. The van der Waals surface area contributed by atoms with Crippen molar-refractivity contribution in [2.45, 2.75) is 19.3 Å². The molecular weight excluding hydrogens is 354 g/mol. The van der Waals surface area contributed by atoms with Crippen LogP contribution in [-0.4, -0.2) is 36.1 Å². The molecule has 3 amide bonds. The van der Waals surface area contributed by atoms with Crippen molar-refractivity contribution in [2.24, 2.45) is 0 Å². The van der Waals surface area contributed by atoms with Crippen LogP contribution in [0.3, 0.4) is 0 Å². The zero-order valence-corrected chi connectivity index (χ0v) is 13.5. The molecule has 0 unspecified atom stereocenters. The summed E-state index contributed by atoms with van der Waals surface area (Å²) in [4.78, 5) is 33.3. The van der Waals surface area contributed by atoms with Crippen LogP contribution in [0, 0.1) is 0 Å². The van der Waals surface area contributed by atoms with Crippen LogP contribution in [0.4, 0.5) is 10.5 Å². The number of rotatable bonds is 8. The minimum Gasteiger partial charge on any atom is -0.481 e. The molecule has 7 nitrogen and oxygen atoms in total. The van der Waals surface area contributed by atoms with Gasteiger partial charge in [0.25, 0.3) is 0 Å². The first kappa shape index (κ1) is 18.0. The largest absolute Gasteiger partial charge is 0.481 e. The zero-order chi connectivity index (χ0) is 16.4. The summed E-state index contributed by atoms with van der Waals surface area (Å²) in [5.41, 5.74) is 0.652. The fourth-order valence-electron chi connectivity index (χ4n) is 1.55. The van der Waals surface area contributed by atoms with E-state index in [4.69, 9.17) is 5.11 Å². The number of hydrogen-bond acceptors (Lipinski definition) is 3. The van der Waals surface area contributed by atoms with E-state index in [9.17, 15) is 14.4 Å². The number of aliphatic carboxylic acids is 1. The Hall–Kier alpha value is -2.09. The summed E-state index contributed by atoms with van der Waals surface area (Å²) < 4.78 is 0.915. The molecule has 120 valence electrons. The summed E-state index contributed by atoms with van der Waals surface area (Å²) in [6, 6.07) is 6.72. The van der Waals surface area contributed by atoms with Gasteiger partial charge in [-0.15, -0.1) is 0 Å². The Balaban J connectivity index is 2.12. The average Bonchev–Trinajstić information content (AvgIpc) is 2.46. The third-order valence-electron chi connectivity index (χ3n) is 2.63. The van der Waals surface area contributed by atoms with Crippen molar-refractivity contribution in [1.82, 2.24) is 10.6 Å². The van der Waals surface area contributed by atoms with Gasteiger partial charge in [0.15, 0.2) is 0 Å². The van der Waals surface area contributed by atoms with Crippen LogP contribution in [-0.2, 0) is 9.59 Å². The SMILES string of the molecule is O=C(O)CCCNC(=O)CCNC(=O)Nc1ccc(Br)cc1. The zero-order valence-electron chi connectivity index (χ0n) is 11.9. The lowest BCUT2D eigenvalue weighted by molar-refractivity contribution is -0.137.